The molecule has 1 saturated carbocycles. The van der Waals surface area contributed by atoms with Crippen LogP contribution in [-0.2, 0) is 14.3 Å². The molecule has 1 aliphatic heterocycles. The fourth-order valence-electron chi connectivity index (χ4n) is 3.05. The molecule has 4 unspecified atom stereocenters. The van der Waals surface area contributed by atoms with E-state index in [1.54, 1.807) is 0 Å². The maximum Gasteiger partial charge on any atom is 0.313 e. The average Bonchev–Trinajstić information content (AvgIpc) is 2.84. The smallest absolute Gasteiger partial charge is 0.313 e. The molecule has 1 saturated heterocycles. The zero-order chi connectivity index (χ0) is 13.7. The van der Waals surface area contributed by atoms with E-state index < -0.39 is 0 Å². The molecule has 0 aromatic rings. The Morgan fingerprint density at radius 2 is 2.21 bits per heavy atom. The summed E-state index contributed by atoms with van der Waals surface area (Å²) in [7, 11) is 0. The van der Waals surface area contributed by atoms with Crippen molar-refractivity contribution in [2.24, 2.45) is 11.8 Å². The van der Waals surface area contributed by atoms with Crippen LogP contribution in [0.4, 0.5) is 0 Å². The van der Waals surface area contributed by atoms with Gasteiger partial charge in [0.05, 0.1) is 19.1 Å². The number of hydrogen-bond acceptors (Lipinski definition) is 4. The predicted octanol–water partition coefficient (Wildman–Crippen LogP) is 2.12. The van der Waals surface area contributed by atoms with Gasteiger partial charge in [0.15, 0.2) is 0 Å². The molecule has 0 radical (unpaired) electrons. The minimum Gasteiger partial charge on any atom is -0.462 e. The second-order valence-corrected chi connectivity index (χ2v) is 6.04. The van der Waals surface area contributed by atoms with Crippen LogP contribution in [0.1, 0.15) is 46.0 Å². The number of carbonyl (C=O) groups excluding carboxylic acids is 1. The molecule has 0 spiro atoms. The highest BCUT2D eigenvalue weighted by Gasteiger charge is 2.36. The van der Waals surface area contributed by atoms with E-state index in [0.717, 1.165) is 25.8 Å². The summed E-state index contributed by atoms with van der Waals surface area (Å²) in [6.07, 6.45) is 5.68. The van der Waals surface area contributed by atoms with E-state index in [1.807, 2.05) is 0 Å². The second kappa shape index (κ2) is 7.25. The molecule has 4 atom stereocenters. The van der Waals surface area contributed by atoms with Gasteiger partial charge in [-0.1, -0.05) is 20.3 Å². The lowest BCUT2D eigenvalue weighted by molar-refractivity contribution is -0.156. The van der Waals surface area contributed by atoms with Crippen molar-refractivity contribution in [1.82, 2.24) is 5.32 Å². The molecule has 1 N–H and O–H groups in total. The largest absolute Gasteiger partial charge is 0.462 e. The molecule has 0 bridgehead atoms. The summed E-state index contributed by atoms with van der Waals surface area (Å²) in [4.78, 5) is 12.3. The normalized spacial score (nSPS) is 35.3. The van der Waals surface area contributed by atoms with Gasteiger partial charge in [-0.25, -0.2) is 0 Å². The zero-order valence-electron chi connectivity index (χ0n) is 12.2. The molecule has 4 heteroatoms. The highest BCUT2D eigenvalue weighted by atomic mass is 16.5. The van der Waals surface area contributed by atoms with Crippen LogP contribution in [0.5, 0.6) is 0 Å². The third kappa shape index (κ3) is 4.18. The molecule has 19 heavy (non-hydrogen) atoms. The minimum absolute atomic E-state index is 0.0646. The van der Waals surface area contributed by atoms with Gasteiger partial charge in [-0.05, 0) is 38.1 Å². The number of nitrogens with one attached hydrogen (secondary N) is 1. The first-order valence-electron chi connectivity index (χ1n) is 7.72. The summed E-state index contributed by atoms with van der Waals surface area (Å²) < 4.78 is 11.1. The monoisotopic (exact) mass is 269 g/mol. The molecular weight excluding hydrogens is 242 g/mol. The van der Waals surface area contributed by atoms with Crippen LogP contribution < -0.4 is 5.32 Å². The molecule has 2 aliphatic rings. The number of ether oxygens (including phenoxy) is 2. The van der Waals surface area contributed by atoms with Crippen LogP contribution in [0.2, 0.25) is 0 Å². The molecule has 0 aromatic carbocycles. The van der Waals surface area contributed by atoms with Crippen LogP contribution in [0.25, 0.3) is 0 Å². The van der Waals surface area contributed by atoms with E-state index in [1.165, 1.54) is 12.8 Å². The van der Waals surface area contributed by atoms with Gasteiger partial charge >= 0.3 is 5.97 Å². The summed E-state index contributed by atoms with van der Waals surface area (Å²) >= 11 is 0. The van der Waals surface area contributed by atoms with Crippen LogP contribution in [0.15, 0.2) is 0 Å². The Bertz CT molecular complexity index is 295. The standard InChI is InChI=1S/C15H27NO3/c1-3-7-16-14-10-18-9-13(14)15(17)19-12-6-4-5-11(2)8-12/h11-14,16H,3-10H2,1-2H3. The van der Waals surface area contributed by atoms with Gasteiger partial charge in [0.2, 0.25) is 0 Å². The average molecular weight is 269 g/mol. The lowest BCUT2D eigenvalue weighted by Gasteiger charge is -2.28. The third-order valence-corrected chi connectivity index (χ3v) is 4.21. The van der Waals surface area contributed by atoms with Gasteiger partial charge < -0.3 is 14.8 Å². The van der Waals surface area contributed by atoms with Crippen molar-refractivity contribution < 1.29 is 14.3 Å². The van der Waals surface area contributed by atoms with Gasteiger partial charge in [-0.3, -0.25) is 4.79 Å². The first kappa shape index (κ1) is 14.8. The molecular formula is C15H27NO3. The Morgan fingerprint density at radius 3 is 2.95 bits per heavy atom. The first-order chi connectivity index (χ1) is 9.20. The van der Waals surface area contributed by atoms with Gasteiger partial charge in [-0.2, -0.15) is 0 Å². The Balaban J connectivity index is 1.81. The summed E-state index contributed by atoms with van der Waals surface area (Å²) in [5.74, 6) is 0.495. The number of rotatable bonds is 5. The molecule has 1 heterocycles. The van der Waals surface area contributed by atoms with Gasteiger partial charge in [0, 0.05) is 6.04 Å². The molecule has 0 amide bonds. The van der Waals surface area contributed by atoms with Crippen molar-refractivity contribution in [3.63, 3.8) is 0 Å². The van der Waals surface area contributed by atoms with Gasteiger partial charge in [0.25, 0.3) is 0 Å². The van der Waals surface area contributed by atoms with Crippen molar-refractivity contribution in [1.29, 1.82) is 0 Å². The second-order valence-electron chi connectivity index (χ2n) is 6.04. The maximum atomic E-state index is 12.3. The van der Waals surface area contributed by atoms with Crippen molar-refractivity contribution in [3.8, 4) is 0 Å². The molecule has 2 rings (SSSR count). The molecule has 0 aromatic heterocycles. The van der Waals surface area contributed by atoms with Crippen LogP contribution in [0.3, 0.4) is 0 Å². The lowest BCUT2D eigenvalue weighted by atomic mass is 9.88. The van der Waals surface area contributed by atoms with Crippen LogP contribution >= 0.6 is 0 Å². The Morgan fingerprint density at radius 1 is 1.37 bits per heavy atom. The SMILES string of the molecule is CCCNC1COCC1C(=O)OC1CCCC(C)C1. The fourth-order valence-corrected chi connectivity index (χ4v) is 3.05. The first-order valence-corrected chi connectivity index (χ1v) is 7.72. The topological polar surface area (TPSA) is 47.6 Å². The van der Waals surface area contributed by atoms with E-state index >= 15 is 0 Å². The Labute approximate surface area is 116 Å². The number of hydrogen-bond donors (Lipinski definition) is 1. The van der Waals surface area contributed by atoms with E-state index in [-0.39, 0.29) is 24.0 Å². The summed E-state index contributed by atoms with van der Waals surface area (Å²) in [6.45, 7) is 6.42. The highest BCUT2D eigenvalue weighted by Crippen LogP contribution is 2.27. The van der Waals surface area contributed by atoms with Crippen molar-refractivity contribution >= 4 is 5.97 Å². The number of esters is 1. The van der Waals surface area contributed by atoms with E-state index in [4.69, 9.17) is 9.47 Å². The third-order valence-electron chi connectivity index (χ3n) is 4.21. The summed E-state index contributed by atoms with van der Waals surface area (Å²) in [5.41, 5.74) is 0. The maximum absolute atomic E-state index is 12.3. The summed E-state index contributed by atoms with van der Waals surface area (Å²) in [6, 6.07) is 0.133. The van der Waals surface area contributed by atoms with Gasteiger partial charge in [0.1, 0.15) is 6.10 Å². The van der Waals surface area contributed by atoms with E-state index in [9.17, 15) is 4.79 Å². The lowest BCUT2D eigenvalue weighted by Crippen LogP contribution is -2.41. The zero-order valence-corrected chi connectivity index (χ0v) is 12.2. The van der Waals surface area contributed by atoms with E-state index in [0.29, 0.717) is 19.1 Å². The van der Waals surface area contributed by atoms with Gasteiger partial charge in [-0.15, -0.1) is 0 Å². The highest BCUT2D eigenvalue weighted by molar-refractivity contribution is 5.74. The van der Waals surface area contributed by atoms with Crippen molar-refractivity contribution in [2.45, 2.75) is 58.1 Å². The Kier molecular flexibility index (Phi) is 5.64. The minimum atomic E-state index is -0.121. The van der Waals surface area contributed by atoms with Crippen LogP contribution in [-0.4, -0.2) is 37.9 Å². The molecule has 110 valence electrons. The van der Waals surface area contributed by atoms with Crippen molar-refractivity contribution in [3.05, 3.63) is 0 Å². The molecule has 2 fully saturated rings. The van der Waals surface area contributed by atoms with Crippen molar-refractivity contribution in [2.75, 3.05) is 19.8 Å². The molecule has 1 aliphatic carbocycles. The van der Waals surface area contributed by atoms with Crippen LogP contribution in [0, 0.1) is 11.8 Å². The summed E-state index contributed by atoms with van der Waals surface area (Å²) in [5, 5.41) is 3.38. The van der Waals surface area contributed by atoms with E-state index in [2.05, 4.69) is 19.2 Å². The predicted molar refractivity (Wildman–Crippen MR) is 73.9 cm³/mol. The molecule has 4 nitrogen and oxygen atoms in total. The quantitative estimate of drug-likeness (QED) is 0.777. The Hall–Kier alpha value is -0.610. The number of carbonyl (C=O) groups is 1. The fraction of sp³-hybridized carbons (Fsp3) is 0.933.